The average molecular weight is 513 g/mol. The molecule has 2 aliphatic rings. The first-order valence-corrected chi connectivity index (χ1v) is 13.0. The zero-order valence-corrected chi connectivity index (χ0v) is 21.0. The molecule has 2 aromatic heterocycles. The minimum atomic E-state index is -0.653. The first-order valence-electron chi connectivity index (χ1n) is 11.3. The Morgan fingerprint density at radius 3 is 2.58 bits per heavy atom. The summed E-state index contributed by atoms with van der Waals surface area (Å²) in [4.78, 5) is 46.4. The largest absolute Gasteiger partial charge is 0.322 e. The van der Waals surface area contributed by atoms with Crippen LogP contribution >= 0.6 is 22.7 Å². The maximum Gasteiger partial charge on any atom is 0.272 e. The predicted octanol–water partition coefficient (Wildman–Crippen LogP) is 3.57. The molecule has 0 bridgehead atoms. The minimum absolute atomic E-state index is 0.311. The van der Waals surface area contributed by atoms with Gasteiger partial charge in [-0.1, -0.05) is 53.8 Å². The van der Waals surface area contributed by atoms with Gasteiger partial charge in [-0.25, -0.2) is 4.99 Å². The summed E-state index contributed by atoms with van der Waals surface area (Å²) >= 11 is 2.64. The number of rotatable bonds is 3. The number of carbonyl (C=O) groups excluding carboxylic acids is 2. The molecule has 4 aromatic rings. The number of nitrogens with one attached hydrogen (secondary N) is 2. The molecule has 0 fully saturated rings. The van der Waals surface area contributed by atoms with Gasteiger partial charge in [-0.2, -0.15) is 0 Å². The number of nitrogens with zero attached hydrogens (tertiary/aromatic N) is 2. The standard InChI is InChI=1S/C27H20N4O3S2/c1-14-8-3-5-10-17(14)29-24(32)20-15(2)28-27-31(22(20)19-12-7-13-35-19)26(34)23(36-27)21-16-9-4-6-11-18(16)30-25(21)33/h3-13,22H,1-2H3,(H,29,32)(H,30,33)/b23-21-/t22-/m0/s1. The Kier molecular flexibility index (Phi) is 5.31. The lowest BCUT2D eigenvalue weighted by Gasteiger charge is -2.24. The van der Waals surface area contributed by atoms with Crippen molar-refractivity contribution >= 4 is 51.4 Å². The molecule has 0 saturated heterocycles. The molecule has 1 atom stereocenters. The summed E-state index contributed by atoms with van der Waals surface area (Å²) < 4.78 is 1.86. The zero-order valence-electron chi connectivity index (χ0n) is 19.4. The van der Waals surface area contributed by atoms with E-state index in [1.807, 2.05) is 73.0 Å². The zero-order chi connectivity index (χ0) is 25.0. The average Bonchev–Trinajstić information content (AvgIpc) is 3.57. The second kappa shape index (κ2) is 8.54. The fourth-order valence-electron chi connectivity index (χ4n) is 4.62. The van der Waals surface area contributed by atoms with E-state index in [0.29, 0.717) is 43.1 Å². The Labute approximate surface area is 213 Å². The van der Waals surface area contributed by atoms with Gasteiger partial charge < -0.3 is 10.6 Å². The maximum atomic E-state index is 13.9. The highest BCUT2D eigenvalue weighted by Crippen LogP contribution is 2.34. The van der Waals surface area contributed by atoms with Crippen molar-refractivity contribution in [1.29, 1.82) is 0 Å². The van der Waals surface area contributed by atoms with Crippen LogP contribution in [0.2, 0.25) is 0 Å². The van der Waals surface area contributed by atoms with E-state index in [2.05, 4.69) is 15.6 Å². The number of para-hydroxylation sites is 2. The Bertz CT molecular complexity index is 1780. The van der Waals surface area contributed by atoms with E-state index in [1.165, 1.54) is 22.7 Å². The molecule has 0 spiro atoms. The number of thiazole rings is 1. The van der Waals surface area contributed by atoms with Crippen molar-refractivity contribution in [2.45, 2.75) is 19.9 Å². The van der Waals surface area contributed by atoms with Crippen LogP contribution in [0.1, 0.15) is 29.0 Å². The van der Waals surface area contributed by atoms with Crippen LogP contribution in [0.5, 0.6) is 0 Å². The molecule has 0 aliphatic carbocycles. The summed E-state index contributed by atoms with van der Waals surface area (Å²) in [6, 6.07) is 18.0. The van der Waals surface area contributed by atoms with E-state index in [-0.39, 0.29) is 17.4 Å². The van der Waals surface area contributed by atoms with Gasteiger partial charge in [0.2, 0.25) is 0 Å². The van der Waals surface area contributed by atoms with Gasteiger partial charge in [0.25, 0.3) is 17.4 Å². The smallest absolute Gasteiger partial charge is 0.272 e. The molecule has 0 unspecified atom stereocenters. The van der Waals surface area contributed by atoms with Gasteiger partial charge in [0.1, 0.15) is 10.6 Å². The summed E-state index contributed by atoms with van der Waals surface area (Å²) in [6.07, 6.45) is 0. The third-order valence-corrected chi connectivity index (χ3v) is 8.32. The number of allylic oxidation sites excluding steroid dienone is 1. The van der Waals surface area contributed by atoms with E-state index in [9.17, 15) is 14.4 Å². The second-order valence-electron chi connectivity index (χ2n) is 8.56. The number of anilines is 2. The molecule has 7 nitrogen and oxygen atoms in total. The number of amides is 2. The highest BCUT2D eigenvalue weighted by molar-refractivity contribution is 7.10. The van der Waals surface area contributed by atoms with Crippen LogP contribution in [0.4, 0.5) is 11.4 Å². The molecule has 2 aromatic carbocycles. The van der Waals surface area contributed by atoms with Crippen LogP contribution in [0.25, 0.3) is 5.57 Å². The number of benzene rings is 2. The van der Waals surface area contributed by atoms with E-state index in [0.717, 1.165) is 10.4 Å². The van der Waals surface area contributed by atoms with Gasteiger partial charge >= 0.3 is 0 Å². The van der Waals surface area contributed by atoms with E-state index >= 15 is 0 Å². The van der Waals surface area contributed by atoms with Crippen molar-refractivity contribution < 1.29 is 9.59 Å². The summed E-state index contributed by atoms with van der Waals surface area (Å²) in [6.45, 7) is 3.71. The van der Waals surface area contributed by atoms with Crippen molar-refractivity contribution in [2.24, 2.45) is 4.99 Å². The molecule has 6 rings (SSSR count). The van der Waals surface area contributed by atoms with Crippen LogP contribution in [0.15, 0.2) is 87.1 Å². The minimum Gasteiger partial charge on any atom is -0.322 e. The quantitative estimate of drug-likeness (QED) is 0.440. The van der Waals surface area contributed by atoms with Gasteiger partial charge in [0.05, 0.1) is 16.8 Å². The van der Waals surface area contributed by atoms with Crippen molar-refractivity contribution in [3.05, 3.63) is 113 Å². The number of aryl methyl sites for hydroxylation is 1. The van der Waals surface area contributed by atoms with Gasteiger partial charge in [0.15, 0.2) is 4.80 Å². The van der Waals surface area contributed by atoms with Gasteiger partial charge in [-0.15, -0.1) is 11.3 Å². The monoisotopic (exact) mass is 512 g/mol. The lowest BCUT2D eigenvalue weighted by Crippen LogP contribution is -2.41. The Morgan fingerprint density at radius 1 is 1.03 bits per heavy atom. The lowest BCUT2D eigenvalue weighted by molar-refractivity contribution is -0.113. The fourth-order valence-corrected chi connectivity index (χ4v) is 6.59. The third kappa shape index (κ3) is 3.47. The van der Waals surface area contributed by atoms with E-state index in [1.54, 1.807) is 11.5 Å². The molecule has 2 amide bonds. The van der Waals surface area contributed by atoms with Gasteiger partial charge in [-0.3, -0.25) is 19.0 Å². The molecule has 36 heavy (non-hydrogen) atoms. The first kappa shape index (κ1) is 22.4. The number of carbonyl (C=O) groups is 2. The number of thiophene rings is 1. The highest BCUT2D eigenvalue weighted by Gasteiger charge is 2.35. The summed E-state index contributed by atoms with van der Waals surface area (Å²) in [5, 5.41) is 7.76. The van der Waals surface area contributed by atoms with Crippen molar-refractivity contribution in [1.82, 2.24) is 4.57 Å². The summed E-state index contributed by atoms with van der Waals surface area (Å²) in [7, 11) is 0. The normalized spacial score (nSPS) is 17.8. The number of fused-ring (bicyclic) bond motifs is 2. The molecule has 178 valence electrons. The summed E-state index contributed by atoms with van der Waals surface area (Å²) in [5.74, 6) is -0.631. The van der Waals surface area contributed by atoms with Crippen molar-refractivity contribution in [3.63, 3.8) is 0 Å². The van der Waals surface area contributed by atoms with E-state index in [4.69, 9.17) is 0 Å². The molecule has 9 heteroatoms. The summed E-state index contributed by atoms with van der Waals surface area (Å²) in [5.41, 5.74) is 3.93. The first-order chi connectivity index (χ1) is 17.4. The van der Waals surface area contributed by atoms with Crippen molar-refractivity contribution in [3.8, 4) is 0 Å². The molecular weight excluding hydrogens is 492 g/mol. The number of hydrogen-bond acceptors (Lipinski definition) is 6. The van der Waals surface area contributed by atoms with Crippen LogP contribution in [-0.2, 0) is 9.59 Å². The SMILES string of the molecule is CC1=C(C(=O)Nc2ccccc2C)[C@H](c2cccs2)n2c(s/c(=C3\C(=O)Nc4ccccc43)c2=O)=N1. The van der Waals surface area contributed by atoms with Gasteiger partial charge in [-0.05, 0) is 43.0 Å². The van der Waals surface area contributed by atoms with Crippen LogP contribution in [-0.4, -0.2) is 16.4 Å². The fraction of sp³-hybridized carbons (Fsp3) is 0.111. The molecule has 0 radical (unpaired) electrons. The van der Waals surface area contributed by atoms with Gasteiger partial charge in [0, 0.05) is 21.8 Å². The predicted molar refractivity (Wildman–Crippen MR) is 142 cm³/mol. The Balaban J connectivity index is 1.56. The highest BCUT2D eigenvalue weighted by atomic mass is 32.1. The number of hydrogen-bond donors (Lipinski definition) is 2. The molecule has 0 saturated carbocycles. The third-order valence-electron chi connectivity index (χ3n) is 6.35. The van der Waals surface area contributed by atoms with E-state index < -0.39 is 6.04 Å². The molecule has 4 heterocycles. The Hall–Kier alpha value is -4.08. The molecule has 2 aliphatic heterocycles. The van der Waals surface area contributed by atoms with Crippen LogP contribution in [0.3, 0.4) is 0 Å². The molecule has 2 N–H and O–H groups in total. The second-order valence-corrected chi connectivity index (χ2v) is 10.5. The Morgan fingerprint density at radius 2 is 1.81 bits per heavy atom. The van der Waals surface area contributed by atoms with Crippen molar-refractivity contribution in [2.75, 3.05) is 10.6 Å². The lowest BCUT2D eigenvalue weighted by atomic mass is 10.0. The van der Waals surface area contributed by atoms with Crippen LogP contribution in [0, 0.1) is 6.92 Å². The number of aromatic nitrogens is 1. The maximum absolute atomic E-state index is 13.9. The topological polar surface area (TPSA) is 92.6 Å². The van der Waals surface area contributed by atoms with Crippen LogP contribution < -0.4 is 25.5 Å². The molecular formula is C27H20N4O3S2.